The molecule has 1 N–H and O–H groups in total. The van der Waals surface area contributed by atoms with Crippen molar-refractivity contribution < 1.29 is 0 Å². The van der Waals surface area contributed by atoms with E-state index in [0.29, 0.717) is 20.3 Å². The summed E-state index contributed by atoms with van der Waals surface area (Å²) >= 11 is 14.6. The van der Waals surface area contributed by atoms with Crippen LogP contribution >= 0.6 is 45.9 Å². The maximum absolute atomic E-state index is 9.44. The average Bonchev–Trinajstić information content (AvgIpc) is 3.38. The van der Waals surface area contributed by atoms with Gasteiger partial charge in [-0.2, -0.15) is 10.3 Å². The number of aliphatic imine (C=N–C) groups is 1. The fraction of sp³-hybridized carbons (Fsp3) is 0. The number of amidine groups is 1. The van der Waals surface area contributed by atoms with Gasteiger partial charge in [-0.15, -0.1) is 22.7 Å². The molecule has 5 nitrogen and oxygen atoms in total. The molecule has 0 saturated carbocycles. The molecule has 9 heteroatoms. The minimum atomic E-state index is 0.124. The fourth-order valence-electron chi connectivity index (χ4n) is 2.43. The molecule has 4 aromatic rings. The SMILES string of the molecule is N#C/C(=N/c1nc(-c2ccc(Cl)cc2)cs1)Nc1nc(-c2ccc(Cl)cc2)cs1. The van der Waals surface area contributed by atoms with Crippen molar-refractivity contribution in [1.82, 2.24) is 9.97 Å². The van der Waals surface area contributed by atoms with Crippen LogP contribution in [0.3, 0.4) is 0 Å². The highest BCUT2D eigenvalue weighted by Crippen LogP contribution is 2.29. The van der Waals surface area contributed by atoms with E-state index in [1.165, 1.54) is 22.7 Å². The van der Waals surface area contributed by atoms with Gasteiger partial charge in [0.2, 0.25) is 11.0 Å². The van der Waals surface area contributed by atoms with Gasteiger partial charge in [-0.05, 0) is 24.3 Å². The summed E-state index contributed by atoms with van der Waals surface area (Å²) in [6.07, 6.45) is 0. The molecule has 29 heavy (non-hydrogen) atoms. The van der Waals surface area contributed by atoms with Crippen molar-refractivity contribution in [3.05, 3.63) is 69.3 Å². The van der Waals surface area contributed by atoms with E-state index in [0.717, 1.165) is 22.5 Å². The van der Waals surface area contributed by atoms with Crippen molar-refractivity contribution >= 4 is 62.0 Å². The highest BCUT2D eigenvalue weighted by molar-refractivity contribution is 7.14. The van der Waals surface area contributed by atoms with Gasteiger partial charge in [-0.25, -0.2) is 9.97 Å². The first-order valence-corrected chi connectivity index (χ1v) is 10.8. The first kappa shape index (κ1) is 19.6. The lowest BCUT2D eigenvalue weighted by Crippen LogP contribution is -2.08. The summed E-state index contributed by atoms with van der Waals surface area (Å²) < 4.78 is 0. The van der Waals surface area contributed by atoms with Crippen LogP contribution < -0.4 is 5.32 Å². The number of rotatable bonds is 4. The second-order valence-corrected chi connectivity index (χ2v) is 8.33. The topological polar surface area (TPSA) is 74.0 Å². The zero-order valence-corrected chi connectivity index (χ0v) is 17.8. The van der Waals surface area contributed by atoms with Gasteiger partial charge in [0.05, 0.1) is 11.4 Å². The number of benzene rings is 2. The first-order valence-electron chi connectivity index (χ1n) is 8.29. The first-order chi connectivity index (χ1) is 14.1. The Kier molecular flexibility index (Phi) is 5.88. The number of aromatic nitrogens is 2. The Morgan fingerprint density at radius 1 is 0.862 bits per heavy atom. The van der Waals surface area contributed by atoms with E-state index in [1.54, 1.807) is 0 Å². The van der Waals surface area contributed by atoms with E-state index < -0.39 is 0 Å². The molecule has 142 valence electrons. The molecule has 0 atom stereocenters. The second kappa shape index (κ2) is 8.72. The van der Waals surface area contributed by atoms with Crippen molar-refractivity contribution in [2.24, 2.45) is 4.99 Å². The van der Waals surface area contributed by atoms with Crippen molar-refractivity contribution in [2.75, 3.05) is 5.32 Å². The zero-order chi connectivity index (χ0) is 20.2. The second-order valence-electron chi connectivity index (χ2n) is 5.76. The van der Waals surface area contributed by atoms with Gasteiger partial charge >= 0.3 is 0 Å². The summed E-state index contributed by atoms with van der Waals surface area (Å²) in [6.45, 7) is 0. The number of nitriles is 1. The van der Waals surface area contributed by atoms with Crippen LogP contribution in [-0.2, 0) is 0 Å². The van der Waals surface area contributed by atoms with Crippen molar-refractivity contribution in [3.8, 4) is 28.6 Å². The van der Waals surface area contributed by atoms with Crippen LogP contribution in [0.4, 0.5) is 10.3 Å². The molecule has 0 aliphatic carbocycles. The number of hydrogen-bond acceptors (Lipinski definition) is 6. The minimum absolute atomic E-state index is 0.124. The fourth-order valence-corrected chi connectivity index (χ4v) is 4.10. The highest BCUT2D eigenvalue weighted by Gasteiger charge is 2.09. The molecule has 0 aliphatic heterocycles. The van der Waals surface area contributed by atoms with Gasteiger partial charge in [0.1, 0.15) is 6.07 Å². The Labute approximate surface area is 184 Å². The minimum Gasteiger partial charge on any atom is -0.307 e. The Morgan fingerprint density at radius 2 is 1.41 bits per heavy atom. The summed E-state index contributed by atoms with van der Waals surface area (Å²) in [4.78, 5) is 13.3. The third-order valence-electron chi connectivity index (χ3n) is 3.81. The lowest BCUT2D eigenvalue weighted by atomic mass is 10.2. The normalized spacial score (nSPS) is 11.3. The Balaban J connectivity index is 1.51. The molecule has 2 aromatic heterocycles. The molecule has 0 unspecified atom stereocenters. The number of hydrogen-bond donors (Lipinski definition) is 1. The summed E-state index contributed by atoms with van der Waals surface area (Å²) in [6, 6.07) is 16.9. The molecule has 4 rings (SSSR count). The molecular weight excluding hydrogens is 445 g/mol. The summed E-state index contributed by atoms with van der Waals surface area (Å²) in [5.41, 5.74) is 3.46. The van der Waals surface area contributed by atoms with Crippen molar-refractivity contribution in [3.63, 3.8) is 0 Å². The van der Waals surface area contributed by atoms with Crippen LogP contribution in [0.1, 0.15) is 0 Å². The van der Waals surface area contributed by atoms with Crippen LogP contribution in [0.25, 0.3) is 22.5 Å². The van der Waals surface area contributed by atoms with Crippen LogP contribution in [-0.4, -0.2) is 15.8 Å². The summed E-state index contributed by atoms with van der Waals surface area (Å²) in [7, 11) is 0. The van der Waals surface area contributed by atoms with Crippen molar-refractivity contribution in [2.45, 2.75) is 0 Å². The van der Waals surface area contributed by atoms with Gasteiger partial charge in [0.25, 0.3) is 0 Å². The Bertz CT molecular complexity index is 1200. The standard InChI is InChI=1S/C20H11Cl2N5S2/c21-14-5-1-12(2-6-14)16-10-28-19(24-16)26-18(9-23)27-20-25-17(11-29-20)13-3-7-15(22)8-4-13/h1-8,10-11H,(H,24,25,26,27). The van der Waals surface area contributed by atoms with Gasteiger partial charge in [-0.3, -0.25) is 0 Å². The molecule has 0 aliphatic rings. The average molecular weight is 456 g/mol. The van der Waals surface area contributed by atoms with Gasteiger partial charge in [0.15, 0.2) is 5.13 Å². The molecule has 0 fully saturated rings. The van der Waals surface area contributed by atoms with E-state index >= 15 is 0 Å². The van der Waals surface area contributed by atoms with E-state index in [2.05, 4.69) is 20.3 Å². The number of thiazole rings is 2. The quantitative estimate of drug-likeness (QED) is 0.268. The van der Waals surface area contributed by atoms with E-state index in [9.17, 15) is 5.26 Å². The highest BCUT2D eigenvalue weighted by atomic mass is 35.5. The van der Waals surface area contributed by atoms with Gasteiger partial charge < -0.3 is 5.32 Å². The Morgan fingerprint density at radius 3 is 2.00 bits per heavy atom. The largest absolute Gasteiger partial charge is 0.307 e. The number of nitrogens with one attached hydrogen (secondary N) is 1. The van der Waals surface area contributed by atoms with Crippen LogP contribution in [0.5, 0.6) is 0 Å². The van der Waals surface area contributed by atoms with E-state index in [4.69, 9.17) is 23.2 Å². The van der Waals surface area contributed by atoms with E-state index in [1.807, 2.05) is 65.4 Å². The molecule has 2 heterocycles. The van der Waals surface area contributed by atoms with Gasteiger partial charge in [-0.1, -0.05) is 47.5 Å². The number of nitrogens with zero attached hydrogens (tertiary/aromatic N) is 4. The number of halogens is 2. The predicted octanol–water partition coefficient (Wildman–Crippen LogP) is 6.91. The van der Waals surface area contributed by atoms with Crippen LogP contribution in [0.2, 0.25) is 10.0 Å². The van der Waals surface area contributed by atoms with Crippen LogP contribution in [0.15, 0.2) is 64.3 Å². The zero-order valence-electron chi connectivity index (χ0n) is 14.6. The maximum Gasteiger partial charge on any atom is 0.214 e. The van der Waals surface area contributed by atoms with E-state index in [-0.39, 0.29) is 5.84 Å². The molecule has 0 bridgehead atoms. The lowest BCUT2D eigenvalue weighted by Gasteiger charge is -1.99. The summed E-state index contributed by atoms with van der Waals surface area (Å²) in [5.74, 6) is 0.124. The third kappa shape index (κ3) is 4.81. The molecule has 0 amide bonds. The lowest BCUT2D eigenvalue weighted by molar-refractivity contribution is 1.34. The van der Waals surface area contributed by atoms with Gasteiger partial charge in [0, 0.05) is 31.9 Å². The van der Waals surface area contributed by atoms with Crippen LogP contribution in [0, 0.1) is 11.3 Å². The van der Waals surface area contributed by atoms with Crippen molar-refractivity contribution in [1.29, 1.82) is 5.26 Å². The number of anilines is 1. The molecule has 0 saturated heterocycles. The molecule has 0 spiro atoms. The maximum atomic E-state index is 9.44. The smallest absolute Gasteiger partial charge is 0.214 e. The monoisotopic (exact) mass is 455 g/mol. The third-order valence-corrected chi connectivity index (χ3v) is 5.81. The molecule has 0 radical (unpaired) electrons. The predicted molar refractivity (Wildman–Crippen MR) is 121 cm³/mol. The summed E-state index contributed by atoms with van der Waals surface area (Å²) in [5, 5.41) is 18.6. The Hall–Kier alpha value is -2.76. The molecular formula is C20H11Cl2N5S2. The molecule has 2 aromatic carbocycles.